The van der Waals surface area contributed by atoms with Crippen LogP contribution < -0.4 is 4.74 Å². The van der Waals surface area contributed by atoms with Crippen LogP contribution in [-0.4, -0.2) is 11.9 Å². The van der Waals surface area contributed by atoms with E-state index in [2.05, 4.69) is 13.8 Å². The van der Waals surface area contributed by atoms with Gasteiger partial charge >= 0.3 is 0 Å². The first-order chi connectivity index (χ1) is 6.52. The average molecular weight is 190 g/mol. The zero-order valence-corrected chi connectivity index (χ0v) is 8.76. The molecule has 0 unspecified atom stereocenters. The Kier molecular flexibility index (Phi) is 1.88. The summed E-state index contributed by atoms with van der Waals surface area (Å²) in [5.41, 5.74) is 2.76. The van der Waals surface area contributed by atoms with Gasteiger partial charge in [0.15, 0.2) is 0 Å². The SMILES string of the molecule is Cc1cc2c(cc1C=O)CC(C)(C)O2. The van der Waals surface area contributed by atoms with Crippen molar-refractivity contribution in [1.82, 2.24) is 0 Å². The number of fused-ring (bicyclic) bond motifs is 1. The van der Waals surface area contributed by atoms with Gasteiger partial charge in [0, 0.05) is 12.0 Å². The Hall–Kier alpha value is -1.31. The highest BCUT2D eigenvalue weighted by Crippen LogP contribution is 2.36. The predicted molar refractivity (Wildman–Crippen MR) is 55.0 cm³/mol. The lowest BCUT2D eigenvalue weighted by Crippen LogP contribution is -2.24. The normalized spacial score (nSPS) is 17.4. The fourth-order valence-electron chi connectivity index (χ4n) is 1.90. The van der Waals surface area contributed by atoms with Crippen LogP contribution in [0.1, 0.15) is 35.3 Å². The number of rotatable bonds is 1. The van der Waals surface area contributed by atoms with E-state index < -0.39 is 0 Å². The van der Waals surface area contributed by atoms with Crippen molar-refractivity contribution in [2.75, 3.05) is 0 Å². The third-order valence-electron chi connectivity index (χ3n) is 2.58. The molecule has 1 aromatic rings. The van der Waals surface area contributed by atoms with E-state index in [1.807, 2.05) is 19.1 Å². The summed E-state index contributed by atoms with van der Waals surface area (Å²) in [6.45, 7) is 6.05. The minimum Gasteiger partial charge on any atom is -0.487 e. The van der Waals surface area contributed by atoms with Gasteiger partial charge < -0.3 is 4.74 Å². The Morgan fingerprint density at radius 2 is 2.14 bits per heavy atom. The van der Waals surface area contributed by atoms with Crippen LogP contribution in [0, 0.1) is 6.92 Å². The van der Waals surface area contributed by atoms with E-state index in [4.69, 9.17) is 4.74 Å². The smallest absolute Gasteiger partial charge is 0.150 e. The Labute approximate surface area is 83.9 Å². The molecule has 0 aliphatic carbocycles. The van der Waals surface area contributed by atoms with Crippen molar-refractivity contribution in [3.63, 3.8) is 0 Å². The van der Waals surface area contributed by atoms with E-state index in [0.29, 0.717) is 0 Å². The van der Waals surface area contributed by atoms with Gasteiger partial charge in [0.05, 0.1) is 0 Å². The molecule has 74 valence electrons. The molecular weight excluding hydrogens is 176 g/mol. The lowest BCUT2D eigenvalue weighted by Gasteiger charge is -2.16. The van der Waals surface area contributed by atoms with E-state index in [1.165, 1.54) is 0 Å². The molecule has 0 spiro atoms. The van der Waals surface area contributed by atoms with Crippen LogP contribution in [0.15, 0.2) is 12.1 Å². The highest BCUT2D eigenvalue weighted by Gasteiger charge is 2.30. The standard InChI is InChI=1S/C12H14O2/c1-8-4-11-9(5-10(8)7-13)6-12(2,3)14-11/h4-5,7H,6H2,1-3H3. The van der Waals surface area contributed by atoms with Crippen LogP contribution in [0.4, 0.5) is 0 Å². The first kappa shape index (κ1) is 9.25. The highest BCUT2D eigenvalue weighted by molar-refractivity contribution is 5.78. The number of carbonyl (C=O) groups is 1. The summed E-state index contributed by atoms with van der Waals surface area (Å²) < 4.78 is 5.76. The minimum absolute atomic E-state index is 0.129. The Morgan fingerprint density at radius 1 is 1.43 bits per heavy atom. The molecule has 0 N–H and O–H groups in total. The third kappa shape index (κ3) is 1.41. The van der Waals surface area contributed by atoms with Gasteiger partial charge in [0.1, 0.15) is 17.6 Å². The predicted octanol–water partition coefficient (Wildman–Crippen LogP) is 2.52. The van der Waals surface area contributed by atoms with Gasteiger partial charge in [-0.2, -0.15) is 0 Å². The Bertz CT molecular complexity index is 392. The largest absolute Gasteiger partial charge is 0.487 e. The maximum Gasteiger partial charge on any atom is 0.150 e. The lowest BCUT2D eigenvalue weighted by molar-refractivity contribution is 0.112. The number of hydrogen-bond donors (Lipinski definition) is 0. The molecule has 0 bridgehead atoms. The van der Waals surface area contributed by atoms with E-state index in [0.717, 1.165) is 35.1 Å². The second-order valence-corrected chi connectivity index (χ2v) is 4.47. The van der Waals surface area contributed by atoms with Crippen molar-refractivity contribution in [2.45, 2.75) is 32.8 Å². The van der Waals surface area contributed by atoms with Gasteiger partial charge in [0.25, 0.3) is 0 Å². The summed E-state index contributed by atoms with van der Waals surface area (Å²) in [4.78, 5) is 10.7. The number of benzene rings is 1. The van der Waals surface area contributed by atoms with Crippen LogP contribution in [0.5, 0.6) is 5.75 Å². The summed E-state index contributed by atoms with van der Waals surface area (Å²) in [6, 6.07) is 3.89. The van der Waals surface area contributed by atoms with Gasteiger partial charge in [-0.1, -0.05) is 0 Å². The van der Waals surface area contributed by atoms with Crippen molar-refractivity contribution in [1.29, 1.82) is 0 Å². The molecule has 0 aromatic heterocycles. The zero-order chi connectivity index (χ0) is 10.3. The molecule has 1 heterocycles. The molecule has 0 radical (unpaired) electrons. The molecule has 1 aliphatic heterocycles. The van der Waals surface area contributed by atoms with E-state index in [1.54, 1.807) is 0 Å². The summed E-state index contributed by atoms with van der Waals surface area (Å²) in [7, 11) is 0. The monoisotopic (exact) mass is 190 g/mol. The molecule has 2 nitrogen and oxygen atoms in total. The first-order valence-electron chi connectivity index (χ1n) is 4.79. The Balaban J connectivity index is 2.49. The zero-order valence-electron chi connectivity index (χ0n) is 8.76. The molecule has 14 heavy (non-hydrogen) atoms. The van der Waals surface area contributed by atoms with Crippen LogP contribution in [0.2, 0.25) is 0 Å². The molecule has 2 rings (SSSR count). The average Bonchev–Trinajstić information content (AvgIpc) is 2.36. The van der Waals surface area contributed by atoms with Gasteiger partial charge in [-0.05, 0) is 44.0 Å². The summed E-state index contributed by atoms with van der Waals surface area (Å²) in [5.74, 6) is 0.929. The molecule has 0 saturated heterocycles. The third-order valence-corrected chi connectivity index (χ3v) is 2.58. The second-order valence-electron chi connectivity index (χ2n) is 4.47. The molecule has 0 saturated carbocycles. The molecule has 2 heteroatoms. The van der Waals surface area contributed by atoms with Gasteiger partial charge in [-0.15, -0.1) is 0 Å². The topological polar surface area (TPSA) is 26.3 Å². The fraction of sp³-hybridized carbons (Fsp3) is 0.417. The second kappa shape index (κ2) is 2.84. The van der Waals surface area contributed by atoms with Gasteiger partial charge in [-0.25, -0.2) is 0 Å². The lowest BCUT2D eigenvalue weighted by atomic mass is 9.98. The summed E-state index contributed by atoms with van der Waals surface area (Å²) in [5, 5.41) is 0. The first-order valence-corrected chi connectivity index (χ1v) is 4.79. The number of aryl methyl sites for hydroxylation is 1. The summed E-state index contributed by atoms with van der Waals surface area (Å²) in [6.07, 6.45) is 1.78. The maximum atomic E-state index is 10.7. The molecule has 0 amide bonds. The van der Waals surface area contributed by atoms with Crippen LogP contribution in [0.25, 0.3) is 0 Å². The van der Waals surface area contributed by atoms with E-state index in [9.17, 15) is 4.79 Å². The van der Waals surface area contributed by atoms with Crippen LogP contribution in [-0.2, 0) is 6.42 Å². The van der Waals surface area contributed by atoms with Crippen molar-refractivity contribution in [3.8, 4) is 5.75 Å². The fourth-order valence-corrected chi connectivity index (χ4v) is 1.90. The van der Waals surface area contributed by atoms with Gasteiger partial charge in [0.2, 0.25) is 0 Å². The van der Waals surface area contributed by atoms with Crippen molar-refractivity contribution in [3.05, 3.63) is 28.8 Å². The molecule has 0 fully saturated rings. The van der Waals surface area contributed by atoms with Crippen LogP contribution >= 0.6 is 0 Å². The molecule has 1 aliphatic rings. The highest BCUT2D eigenvalue weighted by atomic mass is 16.5. The van der Waals surface area contributed by atoms with E-state index in [-0.39, 0.29) is 5.60 Å². The number of hydrogen-bond acceptors (Lipinski definition) is 2. The quantitative estimate of drug-likeness (QED) is 0.636. The van der Waals surface area contributed by atoms with E-state index >= 15 is 0 Å². The number of carbonyl (C=O) groups excluding carboxylic acids is 1. The van der Waals surface area contributed by atoms with Crippen molar-refractivity contribution >= 4 is 6.29 Å². The maximum absolute atomic E-state index is 10.7. The summed E-state index contributed by atoms with van der Waals surface area (Å²) >= 11 is 0. The molecular formula is C12H14O2. The number of ether oxygens (including phenoxy) is 1. The number of aldehydes is 1. The Morgan fingerprint density at radius 3 is 2.79 bits per heavy atom. The van der Waals surface area contributed by atoms with Crippen molar-refractivity contribution < 1.29 is 9.53 Å². The van der Waals surface area contributed by atoms with Gasteiger partial charge in [-0.3, -0.25) is 4.79 Å². The molecule has 0 atom stereocenters. The minimum atomic E-state index is -0.129. The molecule has 1 aromatic carbocycles. The van der Waals surface area contributed by atoms with Crippen molar-refractivity contribution in [2.24, 2.45) is 0 Å². The van der Waals surface area contributed by atoms with Crippen LogP contribution in [0.3, 0.4) is 0 Å².